The molecule has 0 radical (unpaired) electrons. The van der Waals surface area contributed by atoms with Gasteiger partial charge in [-0.15, -0.1) is 0 Å². The second-order valence-electron chi connectivity index (χ2n) is 3.79. The molecule has 1 rings (SSSR count). The van der Waals surface area contributed by atoms with Crippen LogP contribution in [0.4, 0.5) is 8.78 Å². The quantitative estimate of drug-likeness (QED) is 0.594. The molecule has 0 aromatic heterocycles. The number of rotatable bonds is 5. The highest BCUT2D eigenvalue weighted by Crippen LogP contribution is 2.09. The zero-order valence-corrected chi connectivity index (χ0v) is 9.13. The van der Waals surface area contributed by atoms with Crippen molar-refractivity contribution in [2.24, 2.45) is 5.73 Å². The second kappa shape index (κ2) is 5.55. The average Bonchev–Trinajstić information content (AvgIpc) is 2.12. The Morgan fingerprint density at radius 3 is 2.38 bits per heavy atom. The van der Waals surface area contributed by atoms with E-state index in [1.807, 2.05) is 11.9 Å². The lowest BCUT2D eigenvalue weighted by atomic mass is 10.2. The molecule has 0 heterocycles. The third-order valence-electron chi connectivity index (χ3n) is 2.14. The van der Waals surface area contributed by atoms with E-state index in [0.717, 1.165) is 6.07 Å². The summed E-state index contributed by atoms with van der Waals surface area (Å²) in [4.78, 5) is 1.86. The predicted octanol–water partition coefficient (Wildman–Crippen LogP) is 1.72. The van der Waals surface area contributed by atoms with Gasteiger partial charge in [-0.2, -0.15) is 0 Å². The predicted molar refractivity (Wildman–Crippen MR) is 59.2 cm³/mol. The molecule has 0 saturated carbocycles. The van der Waals surface area contributed by atoms with Gasteiger partial charge in [0.1, 0.15) is 11.6 Å². The molecule has 1 aromatic carbocycles. The lowest BCUT2D eigenvalue weighted by molar-refractivity contribution is 0.335. The van der Waals surface area contributed by atoms with Crippen LogP contribution in [0.2, 0.25) is 0 Å². The molecule has 0 bridgehead atoms. The SMILES string of the molecule is CN(CCC(=N)N)Cc1cc(F)cc(F)c1. The van der Waals surface area contributed by atoms with Crippen molar-refractivity contribution in [1.29, 1.82) is 5.41 Å². The molecule has 0 aliphatic heterocycles. The summed E-state index contributed by atoms with van der Waals surface area (Å²) in [6.45, 7) is 1.02. The monoisotopic (exact) mass is 227 g/mol. The Bertz CT molecular complexity index is 359. The fraction of sp³-hybridized carbons (Fsp3) is 0.364. The molecule has 0 unspecified atom stereocenters. The van der Waals surface area contributed by atoms with Crippen LogP contribution in [0.3, 0.4) is 0 Å². The first-order valence-corrected chi connectivity index (χ1v) is 4.94. The van der Waals surface area contributed by atoms with E-state index in [2.05, 4.69) is 0 Å². The molecule has 0 fully saturated rings. The number of hydrogen-bond donors (Lipinski definition) is 2. The molecule has 0 aliphatic rings. The highest BCUT2D eigenvalue weighted by atomic mass is 19.1. The normalized spacial score (nSPS) is 10.8. The van der Waals surface area contributed by atoms with Crippen molar-refractivity contribution in [2.45, 2.75) is 13.0 Å². The van der Waals surface area contributed by atoms with E-state index in [9.17, 15) is 8.78 Å². The molecule has 1 aromatic rings. The van der Waals surface area contributed by atoms with Crippen LogP contribution < -0.4 is 5.73 Å². The maximum Gasteiger partial charge on any atom is 0.126 e. The van der Waals surface area contributed by atoms with Crippen LogP contribution in [0.5, 0.6) is 0 Å². The van der Waals surface area contributed by atoms with Crippen LogP contribution >= 0.6 is 0 Å². The Hall–Kier alpha value is -1.49. The van der Waals surface area contributed by atoms with Gasteiger partial charge in [0.25, 0.3) is 0 Å². The summed E-state index contributed by atoms with van der Waals surface area (Å²) >= 11 is 0. The van der Waals surface area contributed by atoms with Gasteiger partial charge < -0.3 is 10.6 Å². The molecule has 3 N–H and O–H groups in total. The Morgan fingerprint density at radius 2 is 1.88 bits per heavy atom. The van der Waals surface area contributed by atoms with Gasteiger partial charge in [0.15, 0.2) is 0 Å². The molecular weight excluding hydrogens is 212 g/mol. The zero-order chi connectivity index (χ0) is 12.1. The molecule has 16 heavy (non-hydrogen) atoms. The largest absolute Gasteiger partial charge is 0.388 e. The maximum absolute atomic E-state index is 12.9. The standard InChI is InChI=1S/C11H15F2N3/c1-16(3-2-11(14)15)7-8-4-9(12)6-10(13)5-8/h4-6H,2-3,7H2,1H3,(H3,14,15). The van der Waals surface area contributed by atoms with Gasteiger partial charge in [0, 0.05) is 25.6 Å². The minimum Gasteiger partial charge on any atom is -0.388 e. The topological polar surface area (TPSA) is 53.1 Å². The van der Waals surface area contributed by atoms with Gasteiger partial charge in [0.05, 0.1) is 5.84 Å². The highest BCUT2D eigenvalue weighted by Gasteiger charge is 2.04. The molecule has 0 aliphatic carbocycles. The average molecular weight is 227 g/mol. The van der Waals surface area contributed by atoms with E-state index in [0.29, 0.717) is 25.1 Å². The summed E-state index contributed by atoms with van der Waals surface area (Å²) < 4.78 is 25.8. The Kier molecular flexibility index (Phi) is 4.37. The van der Waals surface area contributed by atoms with Crippen molar-refractivity contribution >= 4 is 5.84 Å². The zero-order valence-electron chi connectivity index (χ0n) is 9.13. The number of hydrogen-bond acceptors (Lipinski definition) is 2. The summed E-state index contributed by atoms with van der Waals surface area (Å²) in [5.74, 6) is -1.04. The lowest BCUT2D eigenvalue weighted by Gasteiger charge is -2.16. The molecule has 0 atom stereocenters. The number of nitrogens with zero attached hydrogens (tertiary/aromatic N) is 1. The van der Waals surface area contributed by atoms with Crippen LogP contribution in [0.15, 0.2) is 18.2 Å². The lowest BCUT2D eigenvalue weighted by Crippen LogP contribution is -2.24. The first kappa shape index (κ1) is 12.6. The van der Waals surface area contributed by atoms with Crippen molar-refractivity contribution in [3.05, 3.63) is 35.4 Å². The van der Waals surface area contributed by atoms with Gasteiger partial charge in [-0.05, 0) is 24.7 Å². The molecular formula is C11H15F2N3. The number of halogens is 2. The number of nitrogens with two attached hydrogens (primary N) is 1. The Morgan fingerprint density at radius 1 is 1.31 bits per heavy atom. The highest BCUT2D eigenvalue weighted by molar-refractivity contribution is 5.76. The van der Waals surface area contributed by atoms with E-state index in [1.165, 1.54) is 12.1 Å². The van der Waals surface area contributed by atoms with Gasteiger partial charge in [-0.1, -0.05) is 0 Å². The van der Waals surface area contributed by atoms with Crippen molar-refractivity contribution in [3.8, 4) is 0 Å². The maximum atomic E-state index is 12.9. The van der Waals surface area contributed by atoms with Crippen LogP contribution in [-0.2, 0) is 6.54 Å². The van der Waals surface area contributed by atoms with Gasteiger partial charge in [-0.25, -0.2) is 8.78 Å². The van der Waals surface area contributed by atoms with Crippen molar-refractivity contribution in [3.63, 3.8) is 0 Å². The minimum absolute atomic E-state index is 0.109. The minimum atomic E-state index is -0.574. The van der Waals surface area contributed by atoms with Crippen LogP contribution in [-0.4, -0.2) is 24.3 Å². The van der Waals surface area contributed by atoms with Gasteiger partial charge in [-0.3, -0.25) is 5.41 Å². The van der Waals surface area contributed by atoms with E-state index >= 15 is 0 Å². The summed E-state index contributed by atoms with van der Waals surface area (Å²) in [5.41, 5.74) is 5.79. The number of benzene rings is 1. The fourth-order valence-electron chi connectivity index (χ4n) is 1.40. The number of amidine groups is 1. The molecule has 88 valence electrons. The first-order valence-electron chi connectivity index (χ1n) is 4.94. The summed E-state index contributed by atoms with van der Waals surface area (Å²) in [6, 6.07) is 3.44. The molecule has 0 saturated heterocycles. The molecule has 5 heteroatoms. The fourth-order valence-corrected chi connectivity index (χ4v) is 1.40. The Balaban J connectivity index is 2.55. The van der Waals surface area contributed by atoms with Gasteiger partial charge in [0.2, 0.25) is 0 Å². The third-order valence-corrected chi connectivity index (χ3v) is 2.14. The summed E-state index contributed by atoms with van der Waals surface area (Å²) in [6.07, 6.45) is 0.453. The van der Waals surface area contributed by atoms with Crippen molar-refractivity contribution < 1.29 is 8.78 Å². The first-order chi connectivity index (χ1) is 7.47. The van der Waals surface area contributed by atoms with E-state index < -0.39 is 11.6 Å². The van der Waals surface area contributed by atoms with E-state index in [4.69, 9.17) is 11.1 Å². The van der Waals surface area contributed by atoms with Crippen LogP contribution in [0.25, 0.3) is 0 Å². The smallest absolute Gasteiger partial charge is 0.126 e. The van der Waals surface area contributed by atoms with Gasteiger partial charge >= 0.3 is 0 Å². The van der Waals surface area contributed by atoms with Crippen molar-refractivity contribution in [2.75, 3.05) is 13.6 Å². The van der Waals surface area contributed by atoms with Crippen LogP contribution in [0, 0.1) is 17.0 Å². The second-order valence-corrected chi connectivity index (χ2v) is 3.79. The van der Waals surface area contributed by atoms with E-state index in [1.54, 1.807) is 0 Å². The van der Waals surface area contributed by atoms with Crippen molar-refractivity contribution in [1.82, 2.24) is 4.90 Å². The summed E-state index contributed by atoms with van der Waals surface area (Å²) in [7, 11) is 1.81. The molecule has 0 spiro atoms. The molecule has 0 amide bonds. The Labute approximate surface area is 93.4 Å². The third kappa shape index (κ3) is 4.35. The van der Waals surface area contributed by atoms with E-state index in [-0.39, 0.29) is 5.84 Å². The van der Waals surface area contributed by atoms with Crippen LogP contribution in [0.1, 0.15) is 12.0 Å². The number of nitrogens with one attached hydrogen (secondary N) is 1. The summed E-state index contributed by atoms with van der Waals surface area (Å²) in [5, 5.41) is 7.07. The molecule has 3 nitrogen and oxygen atoms in total.